The van der Waals surface area contributed by atoms with Gasteiger partial charge >= 0.3 is 0 Å². The molecule has 0 aromatic heterocycles. The van der Waals surface area contributed by atoms with Crippen molar-refractivity contribution in [2.45, 2.75) is 103 Å². The Morgan fingerprint density at radius 1 is 0.600 bits per heavy atom. The predicted molar refractivity (Wildman–Crippen MR) is 132 cm³/mol. The third kappa shape index (κ3) is 3.51. The van der Waals surface area contributed by atoms with Crippen LogP contribution in [0.4, 0.5) is 11.4 Å². The predicted octanol–water partition coefficient (Wildman–Crippen LogP) is 6.92. The van der Waals surface area contributed by atoms with Crippen LogP contribution < -0.4 is 10.8 Å². The highest BCUT2D eigenvalue weighted by molar-refractivity contribution is 6.36. The Morgan fingerprint density at radius 3 is 1.57 bits per heavy atom. The van der Waals surface area contributed by atoms with Crippen LogP contribution >= 0.6 is 0 Å². The molecule has 2 aromatic rings. The second-order valence-electron chi connectivity index (χ2n) is 12.4. The van der Waals surface area contributed by atoms with Crippen molar-refractivity contribution in [3.63, 3.8) is 0 Å². The monoisotopic (exact) mass is 399 g/mol. The van der Waals surface area contributed by atoms with Crippen LogP contribution in [0.15, 0.2) is 30.3 Å². The van der Waals surface area contributed by atoms with Crippen molar-refractivity contribution in [1.82, 2.24) is 0 Å². The number of benzene rings is 2. The van der Waals surface area contributed by atoms with Crippen molar-refractivity contribution in [2.24, 2.45) is 0 Å². The molecule has 158 valence electrons. The zero-order chi connectivity index (χ0) is 22.1. The maximum absolute atomic E-state index is 6.57. The van der Waals surface area contributed by atoms with Crippen LogP contribution in [0.1, 0.15) is 103 Å². The minimum absolute atomic E-state index is 0.177. The first-order chi connectivity index (χ1) is 13.7. The summed E-state index contributed by atoms with van der Waals surface area (Å²) in [5.74, 6) is 0. The van der Waals surface area contributed by atoms with Gasteiger partial charge in [-0.15, -0.1) is 0 Å². The van der Waals surface area contributed by atoms with Crippen molar-refractivity contribution < 1.29 is 0 Å². The van der Waals surface area contributed by atoms with Crippen LogP contribution in [0, 0.1) is 0 Å². The molecule has 0 saturated carbocycles. The van der Waals surface area contributed by atoms with Gasteiger partial charge in [-0.05, 0) is 87.8 Å². The molecule has 1 N–H and O–H groups in total. The molecule has 1 nitrogen and oxygen atoms in total. The van der Waals surface area contributed by atoms with Gasteiger partial charge in [-0.25, -0.2) is 0 Å². The Balaban J connectivity index is 1.76. The summed E-state index contributed by atoms with van der Waals surface area (Å²) < 4.78 is 0. The zero-order valence-electron chi connectivity index (χ0n) is 20.3. The van der Waals surface area contributed by atoms with E-state index in [4.69, 9.17) is 7.85 Å². The zero-order valence-corrected chi connectivity index (χ0v) is 20.3. The van der Waals surface area contributed by atoms with E-state index in [1.165, 1.54) is 47.9 Å². The third-order valence-corrected chi connectivity index (χ3v) is 8.15. The molecule has 2 aliphatic rings. The van der Waals surface area contributed by atoms with Crippen LogP contribution in [0.25, 0.3) is 0 Å². The van der Waals surface area contributed by atoms with Gasteiger partial charge in [0.05, 0.1) is 0 Å². The number of hydrogen-bond donors (Lipinski definition) is 1. The summed E-state index contributed by atoms with van der Waals surface area (Å²) in [7, 11) is 6.57. The molecule has 0 saturated heterocycles. The topological polar surface area (TPSA) is 12.0 Å². The number of nitrogens with one attached hydrogen (secondary N) is 1. The standard InChI is InChI=1S/C28H38BN/c1-25(2)11-12-26(3,4)20-15-18(9-10-19(20)25)30-24-17-22-21(16-23(24)29)27(5,6)13-14-28(22,7)8/h9-10,15-17,30H,11-14H2,1-8H3. The number of hydrogen-bond acceptors (Lipinski definition) is 1. The van der Waals surface area contributed by atoms with Gasteiger partial charge in [0, 0.05) is 11.4 Å². The maximum atomic E-state index is 6.57. The molecule has 4 rings (SSSR count). The van der Waals surface area contributed by atoms with Crippen LogP contribution in [0.2, 0.25) is 0 Å². The van der Waals surface area contributed by atoms with Crippen LogP contribution in [-0.4, -0.2) is 7.85 Å². The molecule has 0 bridgehead atoms. The smallest absolute Gasteiger partial charge is 0.116 e. The second kappa shape index (κ2) is 6.65. The lowest BCUT2D eigenvalue weighted by Gasteiger charge is -2.43. The van der Waals surface area contributed by atoms with Gasteiger partial charge in [0.15, 0.2) is 0 Å². The quantitative estimate of drug-likeness (QED) is 0.541. The summed E-state index contributed by atoms with van der Waals surface area (Å²) >= 11 is 0. The molecule has 0 heterocycles. The lowest BCUT2D eigenvalue weighted by Crippen LogP contribution is -2.35. The molecule has 0 atom stereocenters. The summed E-state index contributed by atoms with van der Waals surface area (Å²) in [6.45, 7) is 18.9. The largest absolute Gasteiger partial charge is 0.356 e. The van der Waals surface area contributed by atoms with Crippen LogP contribution in [0.3, 0.4) is 0 Å². The van der Waals surface area contributed by atoms with E-state index in [0.717, 1.165) is 16.8 Å². The molecule has 2 radical (unpaired) electrons. The number of fused-ring (bicyclic) bond motifs is 2. The van der Waals surface area contributed by atoms with E-state index in [1.54, 1.807) is 0 Å². The van der Waals surface area contributed by atoms with Gasteiger partial charge in [0.1, 0.15) is 7.85 Å². The van der Waals surface area contributed by atoms with Crippen LogP contribution in [0.5, 0.6) is 0 Å². The molecule has 0 fully saturated rings. The lowest BCUT2D eigenvalue weighted by molar-refractivity contribution is 0.332. The molecular weight excluding hydrogens is 361 g/mol. The van der Waals surface area contributed by atoms with Gasteiger partial charge in [-0.2, -0.15) is 0 Å². The van der Waals surface area contributed by atoms with Gasteiger partial charge in [0.25, 0.3) is 0 Å². The molecule has 0 spiro atoms. The summed E-state index contributed by atoms with van der Waals surface area (Å²) in [5.41, 5.74) is 9.64. The van der Waals surface area contributed by atoms with E-state index < -0.39 is 0 Å². The molecule has 0 amide bonds. The first-order valence-corrected chi connectivity index (χ1v) is 11.6. The van der Waals surface area contributed by atoms with Gasteiger partial charge in [0.2, 0.25) is 0 Å². The average Bonchev–Trinajstić information content (AvgIpc) is 2.64. The minimum Gasteiger partial charge on any atom is -0.356 e. The fourth-order valence-corrected chi connectivity index (χ4v) is 5.56. The lowest BCUT2D eigenvalue weighted by atomic mass is 9.62. The first-order valence-electron chi connectivity index (χ1n) is 11.6. The molecule has 30 heavy (non-hydrogen) atoms. The fraction of sp³-hybridized carbons (Fsp3) is 0.571. The van der Waals surface area contributed by atoms with Crippen LogP contribution in [-0.2, 0) is 21.7 Å². The highest BCUT2D eigenvalue weighted by Crippen LogP contribution is 2.48. The molecule has 2 heteroatoms. The fourth-order valence-electron chi connectivity index (χ4n) is 5.56. The number of rotatable bonds is 2. The van der Waals surface area contributed by atoms with E-state index in [2.05, 4.69) is 91.0 Å². The highest BCUT2D eigenvalue weighted by Gasteiger charge is 2.38. The Kier molecular flexibility index (Phi) is 4.77. The van der Waals surface area contributed by atoms with Crippen molar-refractivity contribution in [2.75, 3.05) is 5.32 Å². The Morgan fingerprint density at radius 2 is 1.03 bits per heavy atom. The molecule has 2 aromatic carbocycles. The molecule has 2 aliphatic carbocycles. The Bertz CT molecular complexity index is 994. The van der Waals surface area contributed by atoms with Crippen molar-refractivity contribution in [1.29, 1.82) is 0 Å². The van der Waals surface area contributed by atoms with Crippen molar-refractivity contribution in [3.8, 4) is 0 Å². The van der Waals surface area contributed by atoms with Gasteiger partial charge in [-0.3, -0.25) is 0 Å². The van der Waals surface area contributed by atoms with Gasteiger partial charge < -0.3 is 5.32 Å². The van der Waals surface area contributed by atoms with E-state index in [1.807, 2.05) is 0 Å². The molecule has 0 unspecified atom stereocenters. The van der Waals surface area contributed by atoms with E-state index >= 15 is 0 Å². The second-order valence-corrected chi connectivity index (χ2v) is 12.4. The first kappa shape index (κ1) is 21.5. The van der Waals surface area contributed by atoms with Crippen molar-refractivity contribution in [3.05, 3.63) is 52.6 Å². The third-order valence-electron chi connectivity index (χ3n) is 8.15. The molecular formula is C28H38BN. The Labute approximate surface area is 185 Å². The Hall–Kier alpha value is -1.70. The minimum atomic E-state index is 0.177. The summed E-state index contributed by atoms with van der Waals surface area (Å²) in [4.78, 5) is 0. The average molecular weight is 399 g/mol. The van der Waals surface area contributed by atoms with E-state index in [9.17, 15) is 0 Å². The SMILES string of the molecule is [B]c1cc2c(cc1Nc1ccc3c(c1)C(C)(C)CCC3(C)C)C(C)(C)CCC2(C)C. The summed E-state index contributed by atoms with van der Waals surface area (Å²) in [6, 6.07) is 11.5. The summed E-state index contributed by atoms with van der Waals surface area (Å²) in [6.07, 6.45) is 4.87. The highest BCUT2D eigenvalue weighted by atomic mass is 14.9. The molecule has 0 aliphatic heterocycles. The summed E-state index contributed by atoms with van der Waals surface area (Å²) in [5, 5.41) is 3.68. The van der Waals surface area contributed by atoms with Crippen molar-refractivity contribution >= 4 is 24.7 Å². The van der Waals surface area contributed by atoms with Gasteiger partial charge in [-0.1, -0.05) is 73.0 Å². The van der Waals surface area contributed by atoms with E-state index in [0.29, 0.717) is 0 Å². The van der Waals surface area contributed by atoms with E-state index in [-0.39, 0.29) is 21.7 Å². The normalized spacial score (nSPS) is 22.7. The number of anilines is 2. The maximum Gasteiger partial charge on any atom is 0.116 e.